The molecule has 62 valence electrons. The van der Waals surface area contributed by atoms with Crippen LogP contribution in [0, 0.1) is 0 Å². The van der Waals surface area contributed by atoms with Crippen LogP contribution in [0.1, 0.15) is 0 Å². The van der Waals surface area contributed by atoms with Gasteiger partial charge in [0.15, 0.2) is 0 Å². The molecule has 2 rings (SSSR count). The third-order valence-electron chi connectivity index (χ3n) is 1.56. The molecule has 1 aromatic heterocycles. The van der Waals surface area contributed by atoms with Crippen LogP contribution < -0.4 is 0 Å². The average molecular weight is 227 g/mol. The van der Waals surface area contributed by atoms with Crippen LogP contribution in [0.15, 0.2) is 41.0 Å². The molecule has 0 atom stereocenters. The molecule has 0 aliphatic carbocycles. The zero-order valence-electron chi connectivity index (χ0n) is 6.97. The minimum Gasteiger partial charge on any atom is -0.466 e. The maximum atomic E-state index is 8.84. The van der Waals surface area contributed by atoms with Gasteiger partial charge in [0.05, 0.1) is 0 Å². The van der Waals surface area contributed by atoms with Gasteiger partial charge in [-0.15, -0.1) is 0 Å². The second-order valence-electron chi connectivity index (χ2n) is 2.38. The third-order valence-corrected chi connectivity index (χ3v) is 1.56. The molecule has 0 radical (unpaired) electrons. The molecule has 0 fully saturated rings. The van der Waals surface area contributed by atoms with Crippen molar-refractivity contribution in [3.05, 3.63) is 36.6 Å². The SMILES string of the molecule is Oc1nc(-c2ccccc2)co1.[Zn]. The van der Waals surface area contributed by atoms with Crippen molar-refractivity contribution in [1.29, 1.82) is 0 Å². The quantitative estimate of drug-likeness (QED) is 0.757. The zero-order chi connectivity index (χ0) is 8.39. The van der Waals surface area contributed by atoms with Crippen LogP contribution in [-0.2, 0) is 19.5 Å². The minimum absolute atomic E-state index is 0. The molecule has 0 aliphatic heterocycles. The van der Waals surface area contributed by atoms with Gasteiger partial charge in [-0.3, -0.25) is 0 Å². The Balaban J connectivity index is 0.000000845. The first kappa shape index (κ1) is 9.94. The summed E-state index contributed by atoms with van der Waals surface area (Å²) >= 11 is 0. The molecule has 3 nitrogen and oxygen atoms in total. The van der Waals surface area contributed by atoms with Gasteiger partial charge in [-0.25, -0.2) is 0 Å². The van der Waals surface area contributed by atoms with Crippen LogP contribution in [0.3, 0.4) is 0 Å². The summed E-state index contributed by atoms with van der Waals surface area (Å²) in [7, 11) is 0. The van der Waals surface area contributed by atoms with Gasteiger partial charge >= 0.3 is 6.08 Å². The first-order valence-corrected chi connectivity index (χ1v) is 3.56. The Labute approximate surface area is 88.2 Å². The van der Waals surface area contributed by atoms with Crippen molar-refractivity contribution in [2.75, 3.05) is 0 Å². The van der Waals surface area contributed by atoms with E-state index in [1.807, 2.05) is 30.3 Å². The first-order valence-electron chi connectivity index (χ1n) is 3.56. The number of aromatic nitrogens is 1. The summed E-state index contributed by atoms with van der Waals surface area (Å²) in [5.41, 5.74) is 1.58. The second-order valence-corrected chi connectivity index (χ2v) is 2.38. The molecule has 0 saturated carbocycles. The van der Waals surface area contributed by atoms with Crippen molar-refractivity contribution in [3.63, 3.8) is 0 Å². The Hall–Kier alpha value is -1.15. The van der Waals surface area contributed by atoms with Crippen LogP contribution in [0.2, 0.25) is 0 Å². The average Bonchev–Trinajstić information content (AvgIpc) is 2.54. The Bertz CT molecular complexity index is 372. The van der Waals surface area contributed by atoms with E-state index in [1.54, 1.807) is 0 Å². The van der Waals surface area contributed by atoms with Crippen LogP contribution in [0.25, 0.3) is 11.3 Å². The van der Waals surface area contributed by atoms with E-state index in [2.05, 4.69) is 9.40 Å². The molecule has 1 N–H and O–H groups in total. The van der Waals surface area contributed by atoms with Crippen LogP contribution >= 0.6 is 0 Å². The number of nitrogens with zero attached hydrogens (tertiary/aromatic N) is 1. The van der Waals surface area contributed by atoms with Crippen LogP contribution in [0.4, 0.5) is 0 Å². The predicted molar refractivity (Wildman–Crippen MR) is 43.6 cm³/mol. The monoisotopic (exact) mass is 225 g/mol. The van der Waals surface area contributed by atoms with Crippen LogP contribution in [0.5, 0.6) is 6.08 Å². The summed E-state index contributed by atoms with van der Waals surface area (Å²) in [5, 5.41) is 8.84. The Kier molecular flexibility index (Phi) is 3.21. The topological polar surface area (TPSA) is 46.3 Å². The smallest absolute Gasteiger partial charge is 0.391 e. The van der Waals surface area contributed by atoms with Gasteiger partial charge in [0, 0.05) is 25.0 Å². The Morgan fingerprint density at radius 1 is 1.15 bits per heavy atom. The minimum atomic E-state index is -0.297. The Morgan fingerprint density at radius 2 is 1.85 bits per heavy atom. The number of hydrogen-bond acceptors (Lipinski definition) is 3. The van der Waals surface area contributed by atoms with Crippen molar-refractivity contribution >= 4 is 0 Å². The molecular formula is C9H7NO2Zn. The molecular weight excluding hydrogens is 219 g/mol. The summed E-state index contributed by atoms with van der Waals surface area (Å²) in [5.74, 6) is 0. The molecule has 13 heavy (non-hydrogen) atoms. The maximum absolute atomic E-state index is 8.84. The van der Waals surface area contributed by atoms with Gasteiger partial charge < -0.3 is 9.52 Å². The van der Waals surface area contributed by atoms with Gasteiger partial charge in [-0.1, -0.05) is 30.3 Å². The molecule has 0 amide bonds. The fourth-order valence-electron chi connectivity index (χ4n) is 1.01. The van der Waals surface area contributed by atoms with E-state index < -0.39 is 0 Å². The molecule has 1 heterocycles. The molecule has 0 spiro atoms. The van der Waals surface area contributed by atoms with Crippen molar-refractivity contribution in [1.82, 2.24) is 4.98 Å². The summed E-state index contributed by atoms with van der Waals surface area (Å²) in [6.07, 6.45) is 1.12. The summed E-state index contributed by atoms with van der Waals surface area (Å²) in [6, 6.07) is 9.53. The van der Waals surface area contributed by atoms with E-state index in [9.17, 15) is 0 Å². The van der Waals surface area contributed by atoms with Crippen LogP contribution in [-0.4, -0.2) is 10.1 Å². The number of benzene rings is 1. The van der Waals surface area contributed by atoms with E-state index in [4.69, 9.17) is 5.11 Å². The van der Waals surface area contributed by atoms with Gasteiger partial charge in [-0.2, -0.15) is 4.98 Å². The van der Waals surface area contributed by atoms with Gasteiger partial charge in [0.2, 0.25) is 0 Å². The number of hydrogen-bond donors (Lipinski definition) is 1. The van der Waals surface area contributed by atoms with E-state index in [1.165, 1.54) is 6.26 Å². The molecule has 0 aliphatic rings. The zero-order valence-corrected chi connectivity index (χ0v) is 9.94. The molecule has 0 saturated heterocycles. The van der Waals surface area contributed by atoms with Gasteiger partial charge in [-0.05, 0) is 0 Å². The van der Waals surface area contributed by atoms with Gasteiger partial charge in [0.25, 0.3) is 0 Å². The summed E-state index contributed by atoms with van der Waals surface area (Å²) in [6.45, 7) is 0. The maximum Gasteiger partial charge on any atom is 0.391 e. The van der Waals surface area contributed by atoms with Gasteiger partial charge in [0.1, 0.15) is 12.0 Å². The van der Waals surface area contributed by atoms with E-state index in [0.29, 0.717) is 5.69 Å². The number of rotatable bonds is 1. The fraction of sp³-hybridized carbons (Fsp3) is 0. The number of aromatic hydroxyl groups is 1. The summed E-state index contributed by atoms with van der Waals surface area (Å²) < 4.78 is 4.66. The molecule has 0 unspecified atom stereocenters. The van der Waals surface area contributed by atoms with Crippen molar-refractivity contribution in [3.8, 4) is 17.3 Å². The molecule has 1 aromatic carbocycles. The first-order chi connectivity index (χ1) is 5.86. The third kappa shape index (κ3) is 2.16. The Morgan fingerprint density at radius 3 is 2.38 bits per heavy atom. The van der Waals surface area contributed by atoms with E-state index in [-0.39, 0.29) is 25.6 Å². The molecule has 2 aromatic rings. The predicted octanol–water partition coefficient (Wildman–Crippen LogP) is 2.04. The van der Waals surface area contributed by atoms with Crippen molar-refractivity contribution in [2.45, 2.75) is 0 Å². The molecule has 0 bridgehead atoms. The standard InChI is InChI=1S/C9H7NO2.Zn/c11-9-10-8(6-12-9)7-4-2-1-3-5-7;/h1-6H,(H,10,11);. The fourth-order valence-corrected chi connectivity index (χ4v) is 1.01. The normalized spacial score (nSPS) is 9.23. The summed E-state index contributed by atoms with van der Waals surface area (Å²) in [4.78, 5) is 3.77. The van der Waals surface area contributed by atoms with E-state index >= 15 is 0 Å². The van der Waals surface area contributed by atoms with E-state index in [0.717, 1.165) is 5.56 Å². The largest absolute Gasteiger partial charge is 0.466 e. The second kappa shape index (κ2) is 4.19. The van der Waals surface area contributed by atoms with Crippen molar-refractivity contribution in [2.24, 2.45) is 0 Å². The molecule has 4 heteroatoms. The van der Waals surface area contributed by atoms with Crippen molar-refractivity contribution < 1.29 is 29.0 Å². The number of oxazole rings is 1.